The molecule has 0 amide bonds. The van der Waals surface area contributed by atoms with Crippen LogP contribution in [0.2, 0.25) is 0 Å². The number of hydrogen-bond acceptors (Lipinski definition) is 2. The van der Waals surface area contributed by atoms with Gasteiger partial charge in [-0.1, -0.05) is 18.9 Å². The lowest BCUT2D eigenvalue weighted by molar-refractivity contribution is 0.371. The first kappa shape index (κ1) is 12.9. The van der Waals surface area contributed by atoms with Gasteiger partial charge in [0.2, 0.25) is 0 Å². The molecular weight excluding hydrogens is 252 g/mol. The van der Waals surface area contributed by atoms with Crippen molar-refractivity contribution in [3.05, 3.63) is 46.4 Å². The maximum absolute atomic E-state index is 3.79. The number of nitrogens with one attached hydrogen (secondary N) is 1. The van der Waals surface area contributed by atoms with Crippen molar-refractivity contribution in [1.29, 1.82) is 0 Å². The maximum Gasteiger partial charge on any atom is 0.0446 e. The second kappa shape index (κ2) is 5.93. The summed E-state index contributed by atoms with van der Waals surface area (Å²) in [7, 11) is 2.08. The summed E-state index contributed by atoms with van der Waals surface area (Å²) in [6.45, 7) is 0.972. The fourth-order valence-corrected chi connectivity index (χ4v) is 4.05. The standard InChI is InChI=1S/C16H22N2S/c1-18-9-8-13(12-18)11-17-16(14-5-2-3-6-14)15-7-4-10-19-15/h4,7-10,12,14,16-17H,2-3,5-6,11H2,1H3. The molecule has 19 heavy (non-hydrogen) atoms. The summed E-state index contributed by atoms with van der Waals surface area (Å²) in [5.74, 6) is 0.822. The smallest absolute Gasteiger partial charge is 0.0446 e. The highest BCUT2D eigenvalue weighted by molar-refractivity contribution is 7.10. The topological polar surface area (TPSA) is 17.0 Å². The molecule has 2 aromatic rings. The summed E-state index contributed by atoms with van der Waals surface area (Å²) in [5.41, 5.74) is 1.38. The Balaban J connectivity index is 1.68. The third kappa shape index (κ3) is 3.10. The third-order valence-electron chi connectivity index (χ3n) is 4.14. The van der Waals surface area contributed by atoms with Crippen molar-refractivity contribution < 1.29 is 0 Å². The molecule has 3 heteroatoms. The van der Waals surface area contributed by atoms with Crippen molar-refractivity contribution in [2.45, 2.75) is 38.3 Å². The lowest BCUT2D eigenvalue weighted by Gasteiger charge is -2.23. The van der Waals surface area contributed by atoms with Gasteiger partial charge in [-0.2, -0.15) is 0 Å². The zero-order chi connectivity index (χ0) is 13.1. The monoisotopic (exact) mass is 274 g/mol. The second-order valence-electron chi connectivity index (χ2n) is 5.60. The highest BCUT2D eigenvalue weighted by atomic mass is 32.1. The number of hydrogen-bond donors (Lipinski definition) is 1. The third-order valence-corrected chi connectivity index (χ3v) is 5.10. The molecule has 0 bridgehead atoms. The minimum absolute atomic E-state index is 0.544. The van der Waals surface area contributed by atoms with E-state index in [1.807, 2.05) is 11.3 Å². The SMILES string of the molecule is Cn1ccc(CNC(c2cccs2)C2CCCC2)c1. The van der Waals surface area contributed by atoms with E-state index in [2.05, 4.69) is 52.9 Å². The van der Waals surface area contributed by atoms with Crippen LogP contribution >= 0.6 is 11.3 Å². The van der Waals surface area contributed by atoms with Crippen LogP contribution in [0, 0.1) is 5.92 Å². The average molecular weight is 274 g/mol. The predicted molar refractivity (Wildman–Crippen MR) is 81.3 cm³/mol. The van der Waals surface area contributed by atoms with E-state index < -0.39 is 0 Å². The Morgan fingerprint density at radius 3 is 2.84 bits per heavy atom. The van der Waals surface area contributed by atoms with Crippen molar-refractivity contribution in [2.24, 2.45) is 13.0 Å². The molecule has 1 fully saturated rings. The predicted octanol–water partition coefficient (Wildman–Crippen LogP) is 4.11. The van der Waals surface area contributed by atoms with E-state index in [-0.39, 0.29) is 0 Å². The minimum Gasteiger partial charge on any atom is -0.357 e. The quantitative estimate of drug-likeness (QED) is 0.868. The van der Waals surface area contributed by atoms with Gasteiger partial charge in [0.25, 0.3) is 0 Å². The van der Waals surface area contributed by atoms with Crippen LogP contribution in [0.4, 0.5) is 0 Å². The number of aryl methyl sites for hydroxylation is 1. The van der Waals surface area contributed by atoms with E-state index in [1.54, 1.807) is 0 Å². The summed E-state index contributed by atoms with van der Waals surface area (Å²) in [6.07, 6.45) is 9.88. The normalized spacial score (nSPS) is 17.9. The molecule has 3 rings (SSSR count). The summed E-state index contributed by atoms with van der Waals surface area (Å²) >= 11 is 1.89. The van der Waals surface area contributed by atoms with Crippen LogP contribution in [0.15, 0.2) is 36.0 Å². The average Bonchev–Trinajstić information content (AvgIpc) is 3.11. The summed E-state index contributed by atoms with van der Waals surface area (Å²) < 4.78 is 2.12. The first-order valence-corrected chi connectivity index (χ1v) is 8.08. The number of thiophene rings is 1. The van der Waals surface area contributed by atoms with Gasteiger partial charge in [-0.15, -0.1) is 11.3 Å². The zero-order valence-electron chi connectivity index (χ0n) is 11.5. The van der Waals surface area contributed by atoms with Gasteiger partial charge in [0, 0.05) is 36.9 Å². The molecule has 1 atom stereocenters. The van der Waals surface area contributed by atoms with Crippen LogP contribution in [0.3, 0.4) is 0 Å². The van der Waals surface area contributed by atoms with E-state index in [1.165, 1.54) is 36.1 Å². The Labute approximate surface area is 119 Å². The Kier molecular flexibility index (Phi) is 4.04. The molecular formula is C16H22N2S. The van der Waals surface area contributed by atoms with Crippen LogP contribution in [0.25, 0.3) is 0 Å². The minimum atomic E-state index is 0.544. The summed E-state index contributed by atoms with van der Waals surface area (Å²) in [6, 6.07) is 7.20. The van der Waals surface area contributed by atoms with Gasteiger partial charge in [-0.25, -0.2) is 0 Å². The van der Waals surface area contributed by atoms with Crippen molar-refractivity contribution in [2.75, 3.05) is 0 Å². The largest absolute Gasteiger partial charge is 0.357 e. The van der Waals surface area contributed by atoms with Crippen molar-refractivity contribution >= 4 is 11.3 Å². The first-order chi connectivity index (χ1) is 9.33. The van der Waals surface area contributed by atoms with Gasteiger partial charge in [0.15, 0.2) is 0 Å². The van der Waals surface area contributed by atoms with Gasteiger partial charge >= 0.3 is 0 Å². The van der Waals surface area contributed by atoms with E-state index in [0.29, 0.717) is 6.04 Å². The molecule has 1 aliphatic carbocycles. The fraction of sp³-hybridized carbons (Fsp3) is 0.500. The lowest BCUT2D eigenvalue weighted by Crippen LogP contribution is -2.26. The number of nitrogens with zero attached hydrogens (tertiary/aromatic N) is 1. The molecule has 102 valence electrons. The molecule has 2 heterocycles. The van der Waals surface area contributed by atoms with Crippen LogP contribution in [0.1, 0.15) is 42.2 Å². The van der Waals surface area contributed by atoms with Crippen molar-refractivity contribution in [1.82, 2.24) is 9.88 Å². The molecule has 1 saturated carbocycles. The summed E-state index contributed by atoms with van der Waals surface area (Å²) in [5, 5.41) is 5.99. The Morgan fingerprint density at radius 1 is 1.37 bits per heavy atom. The van der Waals surface area contributed by atoms with E-state index in [9.17, 15) is 0 Å². The van der Waals surface area contributed by atoms with E-state index in [4.69, 9.17) is 0 Å². The van der Waals surface area contributed by atoms with Crippen LogP contribution in [-0.4, -0.2) is 4.57 Å². The molecule has 2 aromatic heterocycles. The lowest BCUT2D eigenvalue weighted by atomic mass is 9.96. The van der Waals surface area contributed by atoms with Gasteiger partial charge in [-0.05, 0) is 41.8 Å². The first-order valence-electron chi connectivity index (χ1n) is 7.20. The molecule has 1 unspecified atom stereocenters. The van der Waals surface area contributed by atoms with Crippen molar-refractivity contribution in [3.8, 4) is 0 Å². The Bertz CT molecular complexity index is 495. The Morgan fingerprint density at radius 2 is 2.21 bits per heavy atom. The maximum atomic E-state index is 3.79. The zero-order valence-corrected chi connectivity index (χ0v) is 12.3. The van der Waals surface area contributed by atoms with Crippen LogP contribution in [0.5, 0.6) is 0 Å². The van der Waals surface area contributed by atoms with Gasteiger partial charge in [0.05, 0.1) is 0 Å². The van der Waals surface area contributed by atoms with E-state index >= 15 is 0 Å². The number of aromatic nitrogens is 1. The molecule has 0 aliphatic heterocycles. The fourth-order valence-electron chi connectivity index (χ4n) is 3.15. The number of rotatable bonds is 5. The highest BCUT2D eigenvalue weighted by Gasteiger charge is 2.26. The van der Waals surface area contributed by atoms with Crippen LogP contribution in [-0.2, 0) is 13.6 Å². The highest BCUT2D eigenvalue weighted by Crippen LogP contribution is 2.37. The molecule has 0 saturated heterocycles. The molecule has 0 spiro atoms. The Hall–Kier alpha value is -1.06. The summed E-state index contributed by atoms with van der Waals surface area (Å²) in [4.78, 5) is 1.50. The second-order valence-corrected chi connectivity index (χ2v) is 6.58. The molecule has 2 nitrogen and oxygen atoms in total. The van der Waals surface area contributed by atoms with Gasteiger partial charge in [0.1, 0.15) is 0 Å². The van der Waals surface area contributed by atoms with Gasteiger partial charge < -0.3 is 9.88 Å². The molecule has 1 aliphatic rings. The molecule has 0 radical (unpaired) electrons. The molecule has 0 aromatic carbocycles. The van der Waals surface area contributed by atoms with Crippen molar-refractivity contribution in [3.63, 3.8) is 0 Å². The van der Waals surface area contributed by atoms with Gasteiger partial charge in [-0.3, -0.25) is 0 Å². The van der Waals surface area contributed by atoms with Crippen LogP contribution < -0.4 is 5.32 Å². The van der Waals surface area contributed by atoms with E-state index in [0.717, 1.165) is 12.5 Å². The molecule has 1 N–H and O–H groups in total.